The van der Waals surface area contributed by atoms with Crippen molar-refractivity contribution in [1.82, 2.24) is 0 Å². The lowest BCUT2D eigenvalue weighted by Gasteiger charge is -2.24. The number of fused-ring (bicyclic) bond motifs is 1. The van der Waals surface area contributed by atoms with Crippen molar-refractivity contribution in [3.8, 4) is 0 Å². The molecule has 0 fully saturated rings. The van der Waals surface area contributed by atoms with Gasteiger partial charge in [-0.25, -0.2) is 18.0 Å². The second-order valence-corrected chi connectivity index (χ2v) is 9.59. The Kier molecular flexibility index (Phi) is 6.20. The van der Waals surface area contributed by atoms with Gasteiger partial charge in [0.15, 0.2) is 0 Å². The van der Waals surface area contributed by atoms with Gasteiger partial charge in [0.1, 0.15) is 6.61 Å². The van der Waals surface area contributed by atoms with Crippen LogP contribution in [0.1, 0.15) is 38.8 Å². The molecule has 3 aromatic rings. The zero-order valence-corrected chi connectivity index (χ0v) is 19.0. The molecule has 8 heteroatoms. The molecule has 0 radical (unpaired) electrons. The average molecular weight is 466 g/mol. The predicted octanol–water partition coefficient (Wildman–Crippen LogP) is 3.97. The van der Waals surface area contributed by atoms with Crippen LogP contribution in [0.25, 0.3) is 0 Å². The molecule has 170 valence electrons. The van der Waals surface area contributed by atoms with Crippen LogP contribution in [0, 0.1) is 0 Å². The minimum atomic E-state index is -3.86. The van der Waals surface area contributed by atoms with Crippen molar-refractivity contribution in [1.29, 1.82) is 0 Å². The Labute approximate surface area is 192 Å². The van der Waals surface area contributed by atoms with Crippen LogP contribution in [0.5, 0.6) is 0 Å². The predicted molar refractivity (Wildman–Crippen MR) is 123 cm³/mol. The van der Waals surface area contributed by atoms with Crippen molar-refractivity contribution in [3.63, 3.8) is 0 Å². The molecule has 4 rings (SSSR count). The zero-order valence-electron chi connectivity index (χ0n) is 18.2. The summed E-state index contributed by atoms with van der Waals surface area (Å²) in [6, 6.07) is 19.5. The van der Waals surface area contributed by atoms with E-state index in [1.54, 1.807) is 30.3 Å². The van der Waals surface area contributed by atoms with Crippen molar-refractivity contribution in [2.45, 2.75) is 30.9 Å². The topological polar surface area (TPSA) is 90.0 Å². The van der Waals surface area contributed by atoms with Crippen molar-refractivity contribution >= 4 is 27.6 Å². The number of anilines is 1. The molecule has 1 aliphatic heterocycles. The number of sulfonamides is 1. The van der Waals surface area contributed by atoms with Gasteiger partial charge in [-0.05, 0) is 60.9 Å². The van der Waals surface area contributed by atoms with E-state index in [0.29, 0.717) is 23.2 Å². The average Bonchev–Trinajstić information content (AvgIpc) is 3.18. The van der Waals surface area contributed by atoms with E-state index in [-0.39, 0.29) is 23.1 Å². The number of methoxy groups -OCH3 is 1. The third kappa shape index (κ3) is 4.47. The molecule has 0 N–H and O–H groups in total. The first-order valence-electron chi connectivity index (χ1n) is 10.4. The Bertz CT molecular complexity index is 1300. The number of carbonyl (C=O) groups excluding carboxylic acids is 2. The van der Waals surface area contributed by atoms with E-state index in [1.807, 2.05) is 25.1 Å². The third-order valence-corrected chi connectivity index (χ3v) is 7.44. The van der Waals surface area contributed by atoms with Gasteiger partial charge in [0.05, 0.1) is 28.8 Å². The molecule has 0 bridgehead atoms. The monoisotopic (exact) mass is 465 g/mol. The Morgan fingerprint density at radius 3 is 2.39 bits per heavy atom. The lowest BCUT2D eigenvalue weighted by Crippen LogP contribution is -2.35. The summed E-state index contributed by atoms with van der Waals surface area (Å²) < 4.78 is 38.2. The Hall–Kier alpha value is -3.65. The summed E-state index contributed by atoms with van der Waals surface area (Å²) in [7, 11) is -2.56. The highest BCUT2D eigenvalue weighted by Gasteiger charge is 2.36. The van der Waals surface area contributed by atoms with E-state index in [1.165, 1.54) is 35.7 Å². The van der Waals surface area contributed by atoms with Crippen LogP contribution in [0.2, 0.25) is 0 Å². The molecule has 0 amide bonds. The maximum absolute atomic E-state index is 13.4. The molecule has 0 saturated carbocycles. The Balaban J connectivity index is 1.51. The standard InChI is InChI=1S/C25H23NO6S/c1-17-14-20-6-3-4-9-23(20)26(17)33(29,30)22-8-5-7-21(15-22)25(28)32-16-18-10-12-19(13-11-18)24(27)31-2/h3-13,15,17H,14,16H2,1-2H3. The molecule has 0 spiro atoms. The van der Waals surface area contributed by atoms with Gasteiger partial charge in [0.2, 0.25) is 0 Å². The first kappa shape index (κ1) is 22.5. The largest absolute Gasteiger partial charge is 0.465 e. The maximum Gasteiger partial charge on any atom is 0.338 e. The van der Waals surface area contributed by atoms with Crippen LogP contribution < -0.4 is 4.31 Å². The molecule has 1 atom stereocenters. The fourth-order valence-electron chi connectivity index (χ4n) is 3.89. The molecular weight excluding hydrogens is 442 g/mol. The molecule has 33 heavy (non-hydrogen) atoms. The van der Waals surface area contributed by atoms with E-state index < -0.39 is 22.0 Å². The summed E-state index contributed by atoms with van der Waals surface area (Å²) in [5.41, 5.74) is 2.85. The third-order valence-electron chi connectivity index (χ3n) is 5.52. The van der Waals surface area contributed by atoms with Gasteiger partial charge in [0.25, 0.3) is 10.0 Å². The number of nitrogens with zero attached hydrogens (tertiary/aromatic N) is 1. The van der Waals surface area contributed by atoms with Gasteiger partial charge in [-0.2, -0.15) is 0 Å². The van der Waals surface area contributed by atoms with Crippen molar-refractivity contribution in [2.75, 3.05) is 11.4 Å². The molecule has 1 aliphatic rings. The van der Waals surface area contributed by atoms with Crippen LogP contribution in [-0.2, 0) is 32.5 Å². The zero-order chi connectivity index (χ0) is 23.6. The van der Waals surface area contributed by atoms with E-state index in [9.17, 15) is 18.0 Å². The molecular formula is C25H23NO6S. The normalized spacial score (nSPS) is 15.1. The molecule has 0 saturated heterocycles. The number of rotatable bonds is 6. The smallest absolute Gasteiger partial charge is 0.338 e. The van der Waals surface area contributed by atoms with Gasteiger partial charge in [0, 0.05) is 6.04 Å². The van der Waals surface area contributed by atoms with Crippen molar-refractivity contribution in [3.05, 3.63) is 95.1 Å². The number of esters is 2. The number of benzene rings is 3. The minimum Gasteiger partial charge on any atom is -0.465 e. The van der Waals surface area contributed by atoms with E-state index >= 15 is 0 Å². The lowest BCUT2D eigenvalue weighted by molar-refractivity contribution is 0.0471. The molecule has 0 aliphatic carbocycles. The second kappa shape index (κ2) is 9.07. The molecule has 1 unspecified atom stereocenters. The van der Waals surface area contributed by atoms with Gasteiger partial charge in [-0.1, -0.05) is 36.4 Å². The van der Waals surface area contributed by atoms with E-state index in [0.717, 1.165) is 5.56 Å². The number of ether oxygens (including phenoxy) is 2. The lowest BCUT2D eigenvalue weighted by atomic mass is 10.1. The SMILES string of the molecule is COC(=O)c1ccc(COC(=O)c2cccc(S(=O)(=O)N3c4ccccc4CC3C)c2)cc1. The molecule has 7 nitrogen and oxygen atoms in total. The number of carbonyl (C=O) groups is 2. The van der Waals surface area contributed by atoms with Crippen molar-refractivity contribution in [2.24, 2.45) is 0 Å². The summed E-state index contributed by atoms with van der Waals surface area (Å²) in [6.07, 6.45) is 0.631. The van der Waals surface area contributed by atoms with E-state index in [2.05, 4.69) is 4.74 Å². The number of hydrogen-bond acceptors (Lipinski definition) is 6. The van der Waals surface area contributed by atoms with Gasteiger partial charge < -0.3 is 9.47 Å². The highest BCUT2D eigenvalue weighted by molar-refractivity contribution is 7.92. The van der Waals surface area contributed by atoms with Crippen molar-refractivity contribution < 1.29 is 27.5 Å². The fraction of sp³-hybridized carbons (Fsp3) is 0.200. The highest BCUT2D eigenvalue weighted by Crippen LogP contribution is 2.36. The van der Waals surface area contributed by atoms with E-state index in [4.69, 9.17) is 4.74 Å². The Morgan fingerprint density at radius 1 is 0.939 bits per heavy atom. The summed E-state index contributed by atoms with van der Waals surface area (Å²) in [5, 5.41) is 0. The van der Waals surface area contributed by atoms with Crippen LogP contribution in [0.4, 0.5) is 5.69 Å². The van der Waals surface area contributed by atoms with Gasteiger partial charge in [-0.15, -0.1) is 0 Å². The first-order chi connectivity index (χ1) is 15.8. The summed E-state index contributed by atoms with van der Waals surface area (Å²) in [4.78, 5) is 24.1. The summed E-state index contributed by atoms with van der Waals surface area (Å²) >= 11 is 0. The highest BCUT2D eigenvalue weighted by atomic mass is 32.2. The van der Waals surface area contributed by atoms with Crippen LogP contribution in [-0.4, -0.2) is 33.5 Å². The maximum atomic E-state index is 13.4. The molecule has 0 aromatic heterocycles. The molecule has 3 aromatic carbocycles. The fourth-order valence-corrected chi connectivity index (χ4v) is 5.63. The van der Waals surface area contributed by atoms with Crippen LogP contribution >= 0.6 is 0 Å². The number of hydrogen-bond donors (Lipinski definition) is 0. The number of para-hydroxylation sites is 1. The van der Waals surface area contributed by atoms with Gasteiger partial charge >= 0.3 is 11.9 Å². The molecule has 1 heterocycles. The van der Waals surface area contributed by atoms with Gasteiger partial charge in [-0.3, -0.25) is 4.31 Å². The minimum absolute atomic E-state index is 0.0200. The van der Waals surface area contributed by atoms with Crippen LogP contribution in [0.3, 0.4) is 0 Å². The quantitative estimate of drug-likeness (QED) is 0.512. The first-order valence-corrected chi connectivity index (χ1v) is 11.8. The Morgan fingerprint density at radius 2 is 1.67 bits per heavy atom. The van der Waals surface area contributed by atoms with Crippen LogP contribution in [0.15, 0.2) is 77.7 Å². The second-order valence-electron chi connectivity index (χ2n) is 7.78. The summed E-state index contributed by atoms with van der Waals surface area (Å²) in [5.74, 6) is -1.09. The summed E-state index contributed by atoms with van der Waals surface area (Å²) in [6.45, 7) is 1.84.